The van der Waals surface area contributed by atoms with Crippen LogP contribution in [-0.2, 0) is 25.7 Å². The van der Waals surface area contributed by atoms with Gasteiger partial charge in [0.1, 0.15) is 6.61 Å². The van der Waals surface area contributed by atoms with Gasteiger partial charge in [-0.2, -0.15) is 0 Å². The molecule has 1 N–H and O–H groups in total. The van der Waals surface area contributed by atoms with Crippen LogP contribution in [0, 0.1) is 5.92 Å². The predicted octanol–water partition coefficient (Wildman–Crippen LogP) is 4.77. The second-order valence-corrected chi connectivity index (χ2v) is 7.23. The largest absolute Gasteiger partial charge is 0.463 e. The van der Waals surface area contributed by atoms with Gasteiger partial charge in [0.15, 0.2) is 0 Å². The third kappa shape index (κ3) is 5.51. The van der Waals surface area contributed by atoms with Crippen molar-refractivity contribution in [2.45, 2.75) is 27.4 Å². The van der Waals surface area contributed by atoms with Crippen LogP contribution in [0.4, 0.5) is 0 Å². The van der Waals surface area contributed by atoms with Crippen LogP contribution < -0.4 is 5.32 Å². The Bertz CT molecular complexity index is 1020. The molecule has 0 radical (unpaired) electrons. The molecular formula is C26H27NO4. The van der Waals surface area contributed by atoms with E-state index in [0.717, 1.165) is 11.1 Å². The van der Waals surface area contributed by atoms with Gasteiger partial charge in [-0.15, -0.1) is 0 Å². The standard InChI is InChI=1S/C26H27NO4/c1-4-30-25(28)23-18(2)27-19(3)24(22(23)16-15-20-11-7-5-8-12-20)26(29)31-17-21-13-9-6-10-14-21/h5-16,22,27H,4,17H2,1-3H3/b16-15+. The zero-order valence-electron chi connectivity index (χ0n) is 18.1. The highest BCUT2D eigenvalue weighted by Crippen LogP contribution is 2.33. The Morgan fingerprint density at radius 3 is 2.00 bits per heavy atom. The summed E-state index contributed by atoms with van der Waals surface area (Å²) in [6.45, 7) is 5.79. The number of rotatable bonds is 7. The van der Waals surface area contributed by atoms with Gasteiger partial charge in [-0.05, 0) is 31.9 Å². The maximum absolute atomic E-state index is 13.1. The Labute approximate surface area is 183 Å². The van der Waals surface area contributed by atoms with E-state index >= 15 is 0 Å². The second kappa shape index (κ2) is 10.4. The van der Waals surface area contributed by atoms with Gasteiger partial charge in [0.05, 0.1) is 17.8 Å². The van der Waals surface area contributed by atoms with E-state index in [2.05, 4.69) is 5.32 Å². The summed E-state index contributed by atoms with van der Waals surface area (Å²) < 4.78 is 10.9. The molecule has 1 heterocycles. The maximum atomic E-state index is 13.1. The average molecular weight is 418 g/mol. The molecule has 0 saturated carbocycles. The lowest BCUT2D eigenvalue weighted by molar-refractivity contribution is -0.141. The Kier molecular flexibility index (Phi) is 7.44. The molecule has 1 aliphatic heterocycles. The van der Waals surface area contributed by atoms with E-state index in [1.165, 1.54) is 0 Å². The summed E-state index contributed by atoms with van der Waals surface area (Å²) in [5.74, 6) is -1.49. The monoisotopic (exact) mass is 417 g/mol. The van der Waals surface area contributed by atoms with E-state index in [9.17, 15) is 9.59 Å². The highest BCUT2D eigenvalue weighted by Gasteiger charge is 2.35. The third-order valence-corrected chi connectivity index (χ3v) is 5.01. The highest BCUT2D eigenvalue weighted by atomic mass is 16.5. The van der Waals surface area contributed by atoms with Crippen molar-refractivity contribution in [2.24, 2.45) is 5.92 Å². The normalized spacial score (nSPS) is 16.3. The molecule has 2 aromatic rings. The zero-order chi connectivity index (χ0) is 22.2. The molecule has 3 rings (SSSR count). The van der Waals surface area contributed by atoms with Crippen LogP contribution in [0.5, 0.6) is 0 Å². The van der Waals surface area contributed by atoms with E-state index in [-0.39, 0.29) is 13.2 Å². The zero-order valence-corrected chi connectivity index (χ0v) is 18.1. The minimum Gasteiger partial charge on any atom is -0.463 e. The van der Waals surface area contributed by atoms with E-state index in [1.54, 1.807) is 6.92 Å². The molecule has 160 valence electrons. The van der Waals surface area contributed by atoms with E-state index in [0.29, 0.717) is 22.5 Å². The predicted molar refractivity (Wildman–Crippen MR) is 120 cm³/mol. The number of nitrogens with one attached hydrogen (secondary N) is 1. The molecule has 0 saturated heterocycles. The number of allylic oxidation sites excluding steroid dienone is 3. The van der Waals surface area contributed by atoms with Crippen molar-refractivity contribution < 1.29 is 19.1 Å². The first-order chi connectivity index (χ1) is 15.0. The molecule has 1 unspecified atom stereocenters. The Hall–Kier alpha value is -3.60. The fourth-order valence-corrected chi connectivity index (χ4v) is 3.56. The number of hydrogen-bond acceptors (Lipinski definition) is 5. The molecule has 1 aliphatic rings. The summed E-state index contributed by atoms with van der Waals surface area (Å²) >= 11 is 0. The van der Waals surface area contributed by atoms with Crippen LogP contribution in [0.3, 0.4) is 0 Å². The molecule has 0 aliphatic carbocycles. The lowest BCUT2D eigenvalue weighted by Gasteiger charge is -2.28. The Morgan fingerprint density at radius 2 is 1.42 bits per heavy atom. The summed E-state index contributed by atoms with van der Waals surface area (Å²) in [5.41, 5.74) is 4.00. The van der Waals surface area contributed by atoms with Crippen molar-refractivity contribution in [2.75, 3.05) is 6.61 Å². The minimum absolute atomic E-state index is 0.156. The summed E-state index contributed by atoms with van der Waals surface area (Å²) in [6, 6.07) is 19.2. The molecular weight excluding hydrogens is 390 g/mol. The van der Waals surface area contributed by atoms with E-state index in [4.69, 9.17) is 9.47 Å². The molecule has 0 aromatic heterocycles. The van der Waals surface area contributed by atoms with Crippen LogP contribution in [0.15, 0.2) is 89.3 Å². The van der Waals surface area contributed by atoms with Crippen LogP contribution in [-0.4, -0.2) is 18.5 Å². The summed E-state index contributed by atoms with van der Waals surface area (Å²) in [7, 11) is 0. The minimum atomic E-state index is -0.580. The summed E-state index contributed by atoms with van der Waals surface area (Å²) in [6.07, 6.45) is 3.76. The Morgan fingerprint density at radius 1 is 0.871 bits per heavy atom. The van der Waals surface area contributed by atoms with Crippen molar-refractivity contribution in [3.8, 4) is 0 Å². The molecule has 2 aromatic carbocycles. The van der Waals surface area contributed by atoms with E-state index in [1.807, 2.05) is 86.7 Å². The molecule has 31 heavy (non-hydrogen) atoms. The van der Waals surface area contributed by atoms with Crippen molar-refractivity contribution in [1.29, 1.82) is 0 Å². The molecule has 0 spiro atoms. The van der Waals surface area contributed by atoms with Gasteiger partial charge in [0.25, 0.3) is 0 Å². The van der Waals surface area contributed by atoms with Gasteiger partial charge >= 0.3 is 11.9 Å². The van der Waals surface area contributed by atoms with Gasteiger partial charge in [-0.1, -0.05) is 72.8 Å². The van der Waals surface area contributed by atoms with Gasteiger partial charge in [0, 0.05) is 17.3 Å². The fraction of sp³-hybridized carbons (Fsp3) is 0.231. The second-order valence-electron chi connectivity index (χ2n) is 7.23. The van der Waals surface area contributed by atoms with Gasteiger partial charge in [0.2, 0.25) is 0 Å². The fourth-order valence-electron chi connectivity index (χ4n) is 3.56. The SMILES string of the molecule is CCOC(=O)C1=C(C)NC(C)=C(C(=O)OCc2ccccc2)C1/C=C/c1ccccc1. The number of hydrogen-bond donors (Lipinski definition) is 1. The van der Waals surface area contributed by atoms with Gasteiger partial charge in [-0.25, -0.2) is 9.59 Å². The molecule has 5 nitrogen and oxygen atoms in total. The van der Waals surface area contributed by atoms with Crippen LogP contribution in [0.1, 0.15) is 31.9 Å². The quantitative estimate of drug-likeness (QED) is 0.657. The van der Waals surface area contributed by atoms with Crippen molar-refractivity contribution in [1.82, 2.24) is 5.32 Å². The number of dihydropyridines is 1. The van der Waals surface area contributed by atoms with Crippen molar-refractivity contribution >= 4 is 18.0 Å². The number of carbonyl (C=O) groups is 2. The molecule has 0 bridgehead atoms. The molecule has 1 atom stereocenters. The Balaban J connectivity index is 1.93. The van der Waals surface area contributed by atoms with E-state index < -0.39 is 17.9 Å². The van der Waals surface area contributed by atoms with Gasteiger partial charge in [-0.3, -0.25) is 0 Å². The summed E-state index contributed by atoms with van der Waals surface area (Å²) in [4.78, 5) is 25.9. The van der Waals surface area contributed by atoms with Gasteiger partial charge < -0.3 is 14.8 Å². The lowest BCUT2D eigenvalue weighted by atomic mass is 9.84. The molecule has 0 fully saturated rings. The number of ether oxygens (including phenoxy) is 2. The lowest BCUT2D eigenvalue weighted by Crippen LogP contribution is -2.32. The maximum Gasteiger partial charge on any atom is 0.337 e. The highest BCUT2D eigenvalue weighted by molar-refractivity contribution is 5.98. The first-order valence-corrected chi connectivity index (χ1v) is 10.3. The molecule has 5 heteroatoms. The smallest absolute Gasteiger partial charge is 0.337 e. The summed E-state index contributed by atoms with van der Waals surface area (Å²) in [5, 5.41) is 3.15. The van der Waals surface area contributed by atoms with Crippen LogP contribution in [0.2, 0.25) is 0 Å². The molecule has 0 amide bonds. The first-order valence-electron chi connectivity index (χ1n) is 10.3. The topological polar surface area (TPSA) is 64.6 Å². The number of benzene rings is 2. The first kappa shape index (κ1) is 22.1. The van der Waals surface area contributed by atoms with Crippen molar-refractivity contribution in [3.63, 3.8) is 0 Å². The van der Waals surface area contributed by atoms with Crippen LogP contribution in [0.25, 0.3) is 6.08 Å². The number of carbonyl (C=O) groups excluding carboxylic acids is 2. The van der Waals surface area contributed by atoms with Crippen molar-refractivity contribution in [3.05, 3.63) is 100 Å². The average Bonchev–Trinajstić information content (AvgIpc) is 2.77. The van der Waals surface area contributed by atoms with Crippen LogP contribution >= 0.6 is 0 Å². The third-order valence-electron chi connectivity index (χ3n) is 5.01. The number of esters is 2.